The molecule has 1 aliphatic rings. The molecule has 4 rings (SSSR count). The highest BCUT2D eigenvalue weighted by molar-refractivity contribution is 6.09. The summed E-state index contributed by atoms with van der Waals surface area (Å²) in [7, 11) is 0. The van der Waals surface area contributed by atoms with Crippen LogP contribution in [-0.4, -0.2) is 11.8 Å². The van der Waals surface area contributed by atoms with E-state index in [0.717, 1.165) is 23.1 Å². The molecule has 1 N–H and O–H groups in total. The number of halogens is 6. The number of carbonyl (C=O) groups excluding carboxylic acids is 2. The fourth-order valence-electron chi connectivity index (χ4n) is 4.10. The Kier molecular flexibility index (Phi) is 6.08. The third-order valence-electron chi connectivity index (χ3n) is 5.88. The molecule has 4 nitrogen and oxygen atoms in total. The highest BCUT2D eigenvalue weighted by atomic mass is 19.2. The van der Waals surface area contributed by atoms with Crippen LogP contribution in [0.25, 0.3) is 0 Å². The Morgan fingerprint density at radius 2 is 1.46 bits per heavy atom. The van der Waals surface area contributed by atoms with Crippen molar-refractivity contribution in [1.29, 1.82) is 0 Å². The van der Waals surface area contributed by atoms with Crippen LogP contribution >= 0.6 is 0 Å². The lowest BCUT2D eigenvalue weighted by Gasteiger charge is -2.21. The van der Waals surface area contributed by atoms with Gasteiger partial charge in [0.1, 0.15) is 29.1 Å². The Balaban J connectivity index is 1.67. The van der Waals surface area contributed by atoms with Crippen LogP contribution in [0.15, 0.2) is 42.5 Å². The number of anilines is 1. The lowest BCUT2D eigenvalue weighted by Crippen LogP contribution is -2.36. The van der Waals surface area contributed by atoms with Crippen LogP contribution in [0.1, 0.15) is 40.9 Å². The fraction of sp³-hybridized carbons (Fsp3) is 0.200. The van der Waals surface area contributed by atoms with Gasteiger partial charge in [0, 0.05) is 30.3 Å². The Bertz CT molecular complexity index is 1330. The van der Waals surface area contributed by atoms with Crippen LogP contribution in [0.4, 0.5) is 32.0 Å². The first-order valence-electron chi connectivity index (χ1n) is 10.4. The third-order valence-corrected chi connectivity index (χ3v) is 5.88. The quantitative estimate of drug-likeness (QED) is 0.493. The summed E-state index contributed by atoms with van der Waals surface area (Å²) < 4.78 is 83.7. The molecule has 35 heavy (non-hydrogen) atoms. The van der Waals surface area contributed by atoms with Gasteiger partial charge in [-0.05, 0) is 43.2 Å². The van der Waals surface area contributed by atoms with Crippen molar-refractivity contribution in [3.8, 4) is 0 Å². The minimum atomic E-state index is -1.22. The minimum Gasteiger partial charge on any atom is -0.348 e. The summed E-state index contributed by atoms with van der Waals surface area (Å²) in [5.41, 5.74) is -2.26. The summed E-state index contributed by atoms with van der Waals surface area (Å²) in [6.07, 6.45) is 0. The van der Waals surface area contributed by atoms with Gasteiger partial charge < -0.3 is 10.2 Å². The van der Waals surface area contributed by atoms with Crippen molar-refractivity contribution in [2.24, 2.45) is 0 Å². The Morgan fingerprint density at radius 3 is 2.06 bits per heavy atom. The summed E-state index contributed by atoms with van der Waals surface area (Å²) in [6, 6.07) is 6.05. The van der Waals surface area contributed by atoms with Gasteiger partial charge >= 0.3 is 0 Å². The minimum absolute atomic E-state index is 0.0658. The molecule has 0 saturated heterocycles. The van der Waals surface area contributed by atoms with E-state index in [2.05, 4.69) is 5.32 Å². The lowest BCUT2D eigenvalue weighted by atomic mass is 9.85. The van der Waals surface area contributed by atoms with E-state index in [9.17, 15) is 31.5 Å². The number of nitrogens with one attached hydrogen (secondary N) is 1. The fourth-order valence-corrected chi connectivity index (χ4v) is 4.10. The van der Waals surface area contributed by atoms with E-state index >= 15 is 4.39 Å². The van der Waals surface area contributed by atoms with Gasteiger partial charge in [0.05, 0.1) is 23.2 Å². The van der Waals surface area contributed by atoms with Crippen LogP contribution in [-0.2, 0) is 23.3 Å². The average molecular weight is 492 g/mol. The second-order valence-corrected chi connectivity index (χ2v) is 8.65. The Hall–Kier alpha value is -3.82. The molecular formula is C25H18F6N2O2. The molecule has 0 bridgehead atoms. The van der Waals surface area contributed by atoms with Gasteiger partial charge in [-0.25, -0.2) is 26.3 Å². The number of fused-ring (bicyclic) bond motifs is 1. The van der Waals surface area contributed by atoms with Gasteiger partial charge in [-0.3, -0.25) is 9.59 Å². The predicted molar refractivity (Wildman–Crippen MR) is 114 cm³/mol. The van der Waals surface area contributed by atoms with E-state index in [0.29, 0.717) is 18.2 Å². The Labute approximate surface area is 196 Å². The zero-order valence-corrected chi connectivity index (χ0v) is 18.5. The maximum atomic E-state index is 15.6. The Morgan fingerprint density at radius 1 is 0.886 bits per heavy atom. The van der Waals surface area contributed by atoms with Gasteiger partial charge in [0.15, 0.2) is 5.82 Å². The van der Waals surface area contributed by atoms with E-state index in [1.165, 1.54) is 6.07 Å². The van der Waals surface area contributed by atoms with Crippen molar-refractivity contribution in [2.75, 3.05) is 4.90 Å². The molecule has 3 aromatic carbocycles. The van der Waals surface area contributed by atoms with Gasteiger partial charge in [-0.2, -0.15) is 0 Å². The molecular weight excluding hydrogens is 474 g/mol. The molecule has 0 fully saturated rings. The van der Waals surface area contributed by atoms with Crippen molar-refractivity contribution in [3.63, 3.8) is 0 Å². The zero-order chi connectivity index (χ0) is 25.7. The second kappa shape index (κ2) is 8.75. The first kappa shape index (κ1) is 24.3. The second-order valence-electron chi connectivity index (χ2n) is 8.65. The highest BCUT2D eigenvalue weighted by Crippen LogP contribution is 2.44. The number of benzene rings is 3. The van der Waals surface area contributed by atoms with Crippen molar-refractivity contribution < 1.29 is 35.9 Å². The molecule has 2 amide bonds. The summed E-state index contributed by atoms with van der Waals surface area (Å²) in [5.74, 6) is -8.01. The molecule has 0 aromatic heterocycles. The molecule has 0 unspecified atom stereocenters. The zero-order valence-electron chi connectivity index (χ0n) is 18.5. The molecule has 3 aromatic rings. The number of amides is 2. The van der Waals surface area contributed by atoms with E-state index in [1.807, 2.05) is 0 Å². The lowest BCUT2D eigenvalue weighted by molar-refractivity contribution is -0.122. The summed E-state index contributed by atoms with van der Waals surface area (Å²) >= 11 is 0. The average Bonchev–Trinajstić information content (AvgIpc) is 2.93. The van der Waals surface area contributed by atoms with Gasteiger partial charge in [-0.15, -0.1) is 0 Å². The van der Waals surface area contributed by atoms with Gasteiger partial charge in [0.25, 0.3) is 5.91 Å². The molecule has 0 saturated carbocycles. The van der Waals surface area contributed by atoms with Crippen LogP contribution < -0.4 is 10.2 Å². The van der Waals surface area contributed by atoms with Gasteiger partial charge in [0.2, 0.25) is 5.91 Å². The summed E-state index contributed by atoms with van der Waals surface area (Å²) in [5, 5.41) is 2.18. The molecule has 0 radical (unpaired) electrons. The van der Waals surface area contributed by atoms with Crippen molar-refractivity contribution in [2.45, 2.75) is 32.4 Å². The first-order valence-corrected chi connectivity index (χ1v) is 10.4. The standard InChI is InChI=1S/C25H18F6N2O2/c1-25(2)18-4-3-16(23(34)32-10-17-19(29)8-15(28)9-20(17)30)21(31)22(18)33(24(25)35)11-12-5-13(26)7-14(27)6-12/h3-9H,10-11H2,1-2H3,(H,32,34). The molecule has 10 heteroatoms. The van der Waals surface area contributed by atoms with Crippen molar-refractivity contribution in [1.82, 2.24) is 5.32 Å². The van der Waals surface area contributed by atoms with Gasteiger partial charge in [-0.1, -0.05) is 6.07 Å². The summed E-state index contributed by atoms with van der Waals surface area (Å²) in [4.78, 5) is 26.7. The third kappa shape index (κ3) is 4.36. The SMILES string of the molecule is CC1(C)C(=O)N(Cc2cc(F)cc(F)c2)c2c1ccc(C(=O)NCc1c(F)cc(F)cc1F)c2F. The van der Waals surface area contributed by atoms with Crippen LogP contribution in [0.3, 0.4) is 0 Å². The maximum Gasteiger partial charge on any atom is 0.254 e. The smallest absolute Gasteiger partial charge is 0.254 e. The summed E-state index contributed by atoms with van der Waals surface area (Å²) in [6.45, 7) is 2.03. The monoisotopic (exact) mass is 492 g/mol. The van der Waals surface area contributed by atoms with E-state index in [1.54, 1.807) is 13.8 Å². The molecule has 0 atom stereocenters. The first-order chi connectivity index (χ1) is 16.4. The molecule has 1 heterocycles. The number of carbonyl (C=O) groups is 2. The highest BCUT2D eigenvalue weighted by Gasteiger charge is 2.46. The molecule has 0 aliphatic carbocycles. The number of hydrogen-bond acceptors (Lipinski definition) is 2. The normalized spacial score (nSPS) is 14.3. The van der Waals surface area contributed by atoms with E-state index in [4.69, 9.17) is 0 Å². The van der Waals surface area contributed by atoms with Crippen molar-refractivity contribution in [3.05, 3.63) is 99.6 Å². The number of nitrogens with zero attached hydrogens (tertiary/aromatic N) is 1. The predicted octanol–water partition coefficient (Wildman–Crippen LogP) is 5.28. The molecule has 0 spiro atoms. The van der Waals surface area contributed by atoms with Crippen LogP contribution in [0.5, 0.6) is 0 Å². The van der Waals surface area contributed by atoms with Crippen LogP contribution in [0.2, 0.25) is 0 Å². The molecule has 1 aliphatic heterocycles. The topological polar surface area (TPSA) is 49.4 Å². The largest absolute Gasteiger partial charge is 0.348 e. The number of rotatable bonds is 5. The number of hydrogen-bond donors (Lipinski definition) is 1. The van der Waals surface area contributed by atoms with Crippen molar-refractivity contribution >= 4 is 17.5 Å². The maximum absolute atomic E-state index is 15.6. The van der Waals surface area contributed by atoms with Crippen LogP contribution in [0, 0.1) is 34.9 Å². The van der Waals surface area contributed by atoms with E-state index < -0.39 is 69.8 Å². The molecule has 182 valence electrons. The van der Waals surface area contributed by atoms with E-state index in [-0.39, 0.29) is 23.4 Å².